The van der Waals surface area contributed by atoms with Crippen molar-refractivity contribution in [2.24, 2.45) is 0 Å². The van der Waals surface area contributed by atoms with Gasteiger partial charge >= 0.3 is 0 Å². The van der Waals surface area contributed by atoms with Crippen LogP contribution in [-0.4, -0.2) is 40.8 Å². The number of aromatic amines is 1. The summed E-state index contributed by atoms with van der Waals surface area (Å²) in [7, 11) is 0. The summed E-state index contributed by atoms with van der Waals surface area (Å²) in [6.07, 6.45) is 3.24. The van der Waals surface area contributed by atoms with E-state index in [1.54, 1.807) is 0 Å². The molecule has 3 rings (SSSR count). The molecule has 2 atom stereocenters. The van der Waals surface area contributed by atoms with Crippen LogP contribution in [0.15, 0.2) is 24.4 Å². The van der Waals surface area contributed by atoms with Crippen molar-refractivity contribution in [3.63, 3.8) is 0 Å². The summed E-state index contributed by atoms with van der Waals surface area (Å²) in [4.78, 5) is 2.52. The molecule has 1 aliphatic heterocycles. The Hall–Kier alpha value is -1.39. The van der Waals surface area contributed by atoms with Gasteiger partial charge in [0.15, 0.2) is 0 Å². The summed E-state index contributed by atoms with van der Waals surface area (Å²) in [5.74, 6) is 0. The molecule has 2 heterocycles. The number of hydrogen-bond acceptors (Lipinski definition) is 3. The van der Waals surface area contributed by atoms with Crippen molar-refractivity contribution in [2.75, 3.05) is 19.7 Å². The van der Waals surface area contributed by atoms with Gasteiger partial charge < -0.3 is 4.74 Å². The second-order valence-corrected chi connectivity index (χ2v) is 5.34. The van der Waals surface area contributed by atoms with Crippen LogP contribution in [0.2, 0.25) is 0 Å². The van der Waals surface area contributed by atoms with Crippen LogP contribution in [0.5, 0.6) is 0 Å². The summed E-state index contributed by atoms with van der Waals surface area (Å²) in [5.41, 5.74) is 2.33. The molecule has 1 aromatic heterocycles. The lowest BCUT2D eigenvalue weighted by Crippen LogP contribution is -2.45. The van der Waals surface area contributed by atoms with Gasteiger partial charge in [0.25, 0.3) is 0 Å². The SMILES string of the molecule is CCCN1CC(c2cccc3[nH]ncc23)OC[C@@H]1C. The average molecular weight is 259 g/mol. The largest absolute Gasteiger partial charge is 0.371 e. The number of fused-ring (bicyclic) bond motifs is 1. The lowest BCUT2D eigenvalue weighted by molar-refractivity contribution is -0.0591. The highest BCUT2D eigenvalue weighted by Gasteiger charge is 2.27. The summed E-state index contributed by atoms with van der Waals surface area (Å²) in [6.45, 7) is 7.39. The second kappa shape index (κ2) is 5.31. The zero-order chi connectivity index (χ0) is 13.2. The lowest BCUT2D eigenvalue weighted by Gasteiger charge is -2.38. The zero-order valence-corrected chi connectivity index (χ0v) is 11.6. The van der Waals surface area contributed by atoms with Crippen molar-refractivity contribution < 1.29 is 4.74 Å². The number of rotatable bonds is 3. The Balaban J connectivity index is 1.87. The van der Waals surface area contributed by atoms with E-state index in [0.717, 1.165) is 25.2 Å². The molecule has 1 N–H and O–H groups in total. The number of morpholine rings is 1. The molecule has 0 spiro atoms. The van der Waals surface area contributed by atoms with Crippen LogP contribution in [0.25, 0.3) is 10.9 Å². The first kappa shape index (κ1) is 12.6. The van der Waals surface area contributed by atoms with E-state index in [9.17, 15) is 0 Å². The molecule has 102 valence electrons. The minimum absolute atomic E-state index is 0.157. The van der Waals surface area contributed by atoms with Gasteiger partial charge in [0, 0.05) is 18.0 Å². The molecule has 0 bridgehead atoms. The molecule has 0 saturated carbocycles. The zero-order valence-electron chi connectivity index (χ0n) is 11.6. The fourth-order valence-corrected chi connectivity index (χ4v) is 2.87. The van der Waals surface area contributed by atoms with E-state index >= 15 is 0 Å². The first-order valence-electron chi connectivity index (χ1n) is 7.07. The smallest absolute Gasteiger partial charge is 0.0959 e. The van der Waals surface area contributed by atoms with Gasteiger partial charge in [-0.2, -0.15) is 5.10 Å². The van der Waals surface area contributed by atoms with Gasteiger partial charge in [-0.05, 0) is 31.5 Å². The standard InChI is InChI=1S/C15H21N3O/c1-3-7-18-9-15(19-10-11(18)2)12-5-4-6-14-13(12)8-16-17-14/h4-6,8,11,15H,3,7,9-10H2,1-2H3,(H,16,17)/t11-,15?/m0/s1. The number of H-pyrrole nitrogens is 1. The van der Waals surface area contributed by atoms with Crippen LogP contribution < -0.4 is 0 Å². The number of nitrogens with one attached hydrogen (secondary N) is 1. The van der Waals surface area contributed by atoms with Gasteiger partial charge in [0.05, 0.1) is 24.4 Å². The van der Waals surface area contributed by atoms with Gasteiger partial charge in [-0.1, -0.05) is 19.1 Å². The molecular weight excluding hydrogens is 238 g/mol. The minimum Gasteiger partial charge on any atom is -0.371 e. The molecule has 0 aliphatic carbocycles. The molecule has 4 nitrogen and oxygen atoms in total. The molecule has 4 heteroatoms. The highest BCUT2D eigenvalue weighted by atomic mass is 16.5. The Labute approximate surface area is 113 Å². The third-order valence-electron chi connectivity index (χ3n) is 3.94. The van der Waals surface area contributed by atoms with Gasteiger partial charge in [-0.15, -0.1) is 0 Å². The van der Waals surface area contributed by atoms with Crippen LogP contribution in [0, 0.1) is 0 Å². The number of ether oxygens (including phenoxy) is 1. The Kier molecular flexibility index (Phi) is 3.53. The number of nitrogens with zero attached hydrogens (tertiary/aromatic N) is 2. The van der Waals surface area contributed by atoms with Crippen molar-refractivity contribution in [1.82, 2.24) is 15.1 Å². The monoisotopic (exact) mass is 259 g/mol. The molecular formula is C15H21N3O. The first-order valence-corrected chi connectivity index (χ1v) is 7.07. The molecule has 1 aromatic carbocycles. The maximum Gasteiger partial charge on any atom is 0.0959 e. The summed E-state index contributed by atoms with van der Waals surface area (Å²) >= 11 is 0. The van der Waals surface area contributed by atoms with E-state index in [1.165, 1.54) is 17.4 Å². The Morgan fingerprint density at radius 1 is 1.47 bits per heavy atom. The quantitative estimate of drug-likeness (QED) is 0.921. The molecule has 1 saturated heterocycles. The maximum absolute atomic E-state index is 6.05. The highest BCUT2D eigenvalue weighted by molar-refractivity contribution is 5.81. The molecule has 1 fully saturated rings. The molecule has 0 amide bonds. The van der Waals surface area contributed by atoms with Gasteiger partial charge in [-0.25, -0.2) is 0 Å². The van der Waals surface area contributed by atoms with Crippen molar-refractivity contribution in [1.29, 1.82) is 0 Å². The third kappa shape index (κ3) is 2.38. The van der Waals surface area contributed by atoms with Crippen LogP contribution >= 0.6 is 0 Å². The predicted octanol–water partition coefficient (Wildman–Crippen LogP) is 2.73. The Morgan fingerprint density at radius 2 is 2.37 bits per heavy atom. The number of hydrogen-bond donors (Lipinski definition) is 1. The van der Waals surface area contributed by atoms with Crippen LogP contribution in [-0.2, 0) is 4.74 Å². The number of aromatic nitrogens is 2. The van der Waals surface area contributed by atoms with E-state index in [-0.39, 0.29) is 6.10 Å². The van der Waals surface area contributed by atoms with Crippen molar-refractivity contribution in [2.45, 2.75) is 32.4 Å². The maximum atomic E-state index is 6.05. The molecule has 2 aromatic rings. The van der Waals surface area contributed by atoms with E-state index in [2.05, 4.69) is 47.1 Å². The fraction of sp³-hybridized carbons (Fsp3) is 0.533. The average Bonchev–Trinajstić information content (AvgIpc) is 2.90. The molecule has 19 heavy (non-hydrogen) atoms. The summed E-state index contributed by atoms with van der Waals surface area (Å²) in [6, 6.07) is 6.80. The fourth-order valence-electron chi connectivity index (χ4n) is 2.87. The Morgan fingerprint density at radius 3 is 3.21 bits per heavy atom. The topological polar surface area (TPSA) is 41.2 Å². The minimum atomic E-state index is 0.157. The predicted molar refractivity (Wildman–Crippen MR) is 76.1 cm³/mol. The Bertz CT molecular complexity index is 551. The van der Waals surface area contributed by atoms with Crippen molar-refractivity contribution in [3.8, 4) is 0 Å². The van der Waals surface area contributed by atoms with Crippen molar-refractivity contribution in [3.05, 3.63) is 30.0 Å². The summed E-state index contributed by atoms with van der Waals surface area (Å²) in [5, 5.41) is 8.34. The van der Waals surface area contributed by atoms with Gasteiger partial charge in [-0.3, -0.25) is 10.00 Å². The molecule has 0 radical (unpaired) electrons. The first-order chi connectivity index (χ1) is 9.29. The summed E-state index contributed by atoms with van der Waals surface area (Å²) < 4.78 is 6.05. The van der Waals surface area contributed by atoms with Crippen LogP contribution in [0.4, 0.5) is 0 Å². The third-order valence-corrected chi connectivity index (χ3v) is 3.94. The van der Waals surface area contributed by atoms with E-state index in [1.807, 2.05) is 6.20 Å². The van der Waals surface area contributed by atoms with E-state index in [4.69, 9.17) is 4.74 Å². The van der Waals surface area contributed by atoms with Crippen LogP contribution in [0.3, 0.4) is 0 Å². The van der Waals surface area contributed by atoms with Crippen molar-refractivity contribution >= 4 is 10.9 Å². The second-order valence-electron chi connectivity index (χ2n) is 5.34. The molecule has 1 unspecified atom stereocenters. The van der Waals surface area contributed by atoms with E-state index in [0.29, 0.717) is 6.04 Å². The molecule has 1 aliphatic rings. The highest BCUT2D eigenvalue weighted by Crippen LogP contribution is 2.29. The normalized spacial score (nSPS) is 24.9. The van der Waals surface area contributed by atoms with Gasteiger partial charge in [0.2, 0.25) is 0 Å². The lowest BCUT2D eigenvalue weighted by atomic mass is 10.0. The number of benzene rings is 1. The van der Waals surface area contributed by atoms with E-state index < -0.39 is 0 Å². The van der Waals surface area contributed by atoms with Crippen LogP contribution in [0.1, 0.15) is 31.9 Å². The van der Waals surface area contributed by atoms with Gasteiger partial charge in [0.1, 0.15) is 0 Å².